The molecular weight excluding hydrogens is 326 g/mol. The summed E-state index contributed by atoms with van der Waals surface area (Å²) < 4.78 is 9.99. The van der Waals surface area contributed by atoms with Crippen molar-refractivity contribution in [2.24, 2.45) is 23.2 Å². The van der Waals surface area contributed by atoms with E-state index in [2.05, 4.69) is 18.3 Å². The molecule has 0 heterocycles. The average Bonchev–Trinajstić information content (AvgIpc) is 2.79. The van der Waals surface area contributed by atoms with E-state index in [0.29, 0.717) is 5.92 Å². The van der Waals surface area contributed by atoms with Crippen LogP contribution in [0.25, 0.3) is 0 Å². The van der Waals surface area contributed by atoms with Crippen LogP contribution in [0.4, 0.5) is 4.79 Å². The summed E-state index contributed by atoms with van der Waals surface area (Å²) in [5, 5.41) is 11.9. The van der Waals surface area contributed by atoms with E-state index in [1.54, 1.807) is 13.8 Å². The quantitative estimate of drug-likeness (QED) is 0.414. The van der Waals surface area contributed by atoms with E-state index in [1.165, 1.54) is 12.5 Å². The zero-order valence-corrected chi connectivity index (χ0v) is 15.2. The molecule has 1 saturated carbocycles. The molecule has 1 amide bonds. The van der Waals surface area contributed by atoms with Crippen molar-refractivity contribution in [2.75, 3.05) is 6.54 Å². The molecule has 2 aliphatic rings. The molecule has 0 radical (unpaired) electrons. The Morgan fingerprint density at radius 1 is 1.32 bits per heavy atom. The van der Waals surface area contributed by atoms with E-state index in [4.69, 9.17) is 9.47 Å². The summed E-state index contributed by atoms with van der Waals surface area (Å²) in [5.74, 6) is -0.970. The van der Waals surface area contributed by atoms with Crippen molar-refractivity contribution in [3.63, 3.8) is 0 Å². The van der Waals surface area contributed by atoms with Crippen LogP contribution < -0.4 is 5.32 Å². The molecule has 0 saturated heterocycles. The molecule has 2 N–H and O–H groups in total. The van der Waals surface area contributed by atoms with E-state index < -0.39 is 29.7 Å². The van der Waals surface area contributed by atoms with Crippen LogP contribution in [0.2, 0.25) is 0 Å². The molecule has 140 valence electrons. The topological polar surface area (TPSA) is 102 Å². The molecule has 4 atom stereocenters. The predicted octanol–water partition coefficient (Wildman–Crippen LogP) is 2.71. The lowest BCUT2D eigenvalue weighted by molar-refractivity contribution is -0.169. The van der Waals surface area contributed by atoms with E-state index in [1.807, 2.05) is 0 Å². The Labute approximate surface area is 147 Å². The van der Waals surface area contributed by atoms with E-state index in [-0.39, 0.29) is 24.8 Å². The molecule has 25 heavy (non-hydrogen) atoms. The maximum Gasteiger partial charge on any atom is 0.410 e. The van der Waals surface area contributed by atoms with Crippen molar-refractivity contribution in [1.29, 1.82) is 0 Å². The van der Waals surface area contributed by atoms with Gasteiger partial charge in [0.2, 0.25) is 6.29 Å². The summed E-state index contributed by atoms with van der Waals surface area (Å²) in [7, 11) is 0. The minimum Gasteiger partial charge on any atom is -0.481 e. The Bertz CT molecular complexity index is 584. The van der Waals surface area contributed by atoms with Gasteiger partial charge < -0.3 is 19.9 Å². The third-order valence-electron chi connectivity index (χ3n) is 5.05. The number of carboxylic acid groups (broad SMARTS) is 1. The van der Waals surface area contributed by atoms with Crippen LogP contribution in [-0.2, 0) is 19.1 Å². The number of fused-ring (bicyclic) bond motifs is 1. The normalized spacial score (nSPS) is 28.4. The zero-order valence-electron chi connectivity index (χ0n) is 15.2. The minimum absolute atomic E-state index is 0.0100. The van der Waals surface area contributed by atoms with E-state index in [0.717, 1.165) is 12.8 Å². The molecule has 0 aromatic heterocycles. The number of carbonyl (C=O) groups excluding carboxylic acids is 2. The Hall–Kier alpha value is -2.05. The number of nitrogens with one attached hydrogen (secondary N) is 1. The lowest BCUT2D eigenvalue weighted by Crippen LogP contribution is -2.53. The standard InChI is InChI=1S/C18H27NO6/c1-10(2)16(22)24-12(4)25-17(23)19-9-18(8-15(20)21)7-13-5-11(3)6-14(13)18/h6,10,12-14H,5,7-9H2,1-4H3,(H,19,23)(H,20,21)/t12-,13+,14+,18+/m1/s1. The Kier molecular flexibility index (Phi) is 5.75. The number of aliphatic carboxylic acids is 1. The first-order chi connectivity index (χ1) is 11.6. The molecule has 0 unspecified atom stereocenters. The van der Waals surface area contributed by atoms with Gasteiger partial charge in [-0.3, -0.25) is 9.59 Å². The molecule has 0 aromatic carbocycles. The van der Waals surface area contributed by atoms with Crippen LogP contribution in [0, 0.1) is 23.2 Å². The average molecular weight is 353 g/mol. The second kappa shape index (κ2) is 7.45. The summed E-state index contributed by atoms with van der Waals surface area (Å²) in [5.41, 5.74) is 0.810. The van der Waals surface area contributed by atoms with E-state index in [9.17, 15) is 19.5 Å². The maximum absolute atomic E-state index is 11.9. The van der Waals surface area contributed by atoms with Crippen LogP contribution >= 0.6 is 0 Å². The number of hydrogen-bond acceptors (Lipinski definition) is 5. The fourth-order valence-electron chi connectivity index (χ4n) is 3.93. The fraction of sp³-hybridized carbons (Fsp3) is 0.722. The molecular formula is C18H27NO6. The van der Waals surface area contributed by atoms with Gasteiger partial charge in [0.05, 0.1) is 12.3 Å². The molecule has 1 fully saturated rings. The number of rotatable bonds is 7. The smallest absolute Gasteiger partial charge is 0.410 e. The Balaban J connectivity index is 1.88. The van der Waals surface area contributed by atoms with Crippen molar-refractivity contribution in [3.8, 4) is 0 Å². The van der Waals surface area contributed by atoms with Gasteiger partial charge in [0, 0.05) is 18.9 Å². The number of allylic oxidation sites excluding steroid dienone is 2. The monoisotopic (exact) mass is 353 g/mol. The number of alkyl carbamates (subject to hydrolysis) is 1. The molecule has 0 spiro atoms. The number of carboxylic acids is 1. The molecule has 0 bridgehead atoms. The van der Waals surface area contributed by atoms with Crippen molar-refractivity contribution >= 4 is 18.0 Å². The van der Waals surface area contributed by atoms with Crippen LogP contribution in [0.5, 0.6) is 0 Å². The fourth-order valence-corrected chi connectivity index (χ4v) is 3.93. The van der Waals surface area contributed by atoms with Gasteiger partial charge in [-0.15, -0.1) is 0 Å². The highest BCUT2D eigenvalue weighted by Crippen LogP contribution is 2.59. The minimum atomic E-state index is -0.993. The van der Waals surface area contributed by atoms with Crippen LogP contribution in [0.3, 0.4) is 0 Å². The summed E-state index contributed by atoms with van der Waals surface area (Å²) in [4.78, 5) is 34.7. The van der Waals surface area contributed by atoms with Gasteiger partial charge in [-0.05, 0) is 31.6 Å². The molecule has 2 rings (SSSR count). The van der Waals surface area contributed by atoms with Crippen molar-refractivity contribution in [3.05, 3.63) is 11.6 Å². The molecule has 0 aromatic rings. The summed E-state index contributed by atoms with van der Waals surface area (Å²) >= 11 is 0. The van der Waals surface area contributed by atoms with Crippen molar-refractivity contribution < 1.29 is 29.0 Å². The summed E-state index contributed by atoms with van der Waals surface area (Å²) in [6.07, 6.45) is 2.21. The third kappa shape index (κ3) is 4.52. The van der Waals surface area contributed by atoms with Crippen LogP contribution in [0.15, 0.2) is 11.6 Å². The Morgan fingerprint density at radius 3 is 2.56 bits per heavy atom. The molecule has 7 nitrogen and oxygen atoms in total. The second-order valence-corrected chi connectivity index (χ2v) is 7.56. The van der Waals surface area contributed by atoms with Crippen molar-refractivity contribution in [1.82, 2.24) is 5.32 Å². The highest BCUT2D eigenvalue weighted by atomic mass is 16.7. The lowest BCUT2D eigenvalue weighted by atomic mass is 9.53. The van der Waals surface area contributed by atoms with Gasteiger partial charge in [-0.2, -0.15) is 0 Å². The number of ether oxygens (including phenoxy) is 2. The maximum atomic E-state index is 11.9. The van der Waals surface area contributed by atoms with Gasteiger partial charge >= 0.3 is 18.0 Å². The molecule has 2 aliphatic carbocycles. The highest BCUT2D eigenvalue weighted by Gasteiger charge is 2.55. The zero-order chi connectivity index (χ0) is 18.8. The number of carbonyl (C=O) groups is 3. The number of esters is 1. The number of amides is 1. The summed E-state index contributed by atoms with van der Waals surface area (Å²) in [6, 6.07) is 0. The first kappa shape index (κ1) is 19.3. The Morgan fingerprint density at radius 2 is 2.00 bits per heavy atom. The SMILES string of the molecule is CC1=C[C@H]2[C@@H](C1)C[C@@]2(CNC(=O)O[C@H](C)OC(=O)C(C)C)CC(=O)O. The largest absolute Gasteiger partial charge is 0.481 e. The first-order valence-corrected chi connectivity index (χ1v) is 8.67. The second-order valence-electron chi connectivity index (χ2n) is 7.56. The van der Waals surface area contributed by atoms with Gasteiger partial charge in [-0.1, -0.05) is 25.5 Å². The number of hydrogen-bond donors (Lipinski definition) is 2. The van der Waals surface area contributed by atoms with E-state index >= 15 is 0 Å². The predicted molar refractivity (Wildman–Crippen MR) is 89.5 cm³/mol. The van der Waals surface area contributed by atoms with Gasteiger partial charge in [0.25, 0.3) is 0 Å². The third-order valence-corrected chi connectivity index (χ3v) is 5.05. The lowest BCUT2D eigenvalue weighted by Gasteiger charge is -2.51. The van der Waals surface area contributed by atoms with Gasteiger partial charge in [0.1, 0.15) is 0 Å². The summed E-state index contributed by atoms with van der Waals surface area (Å²) in [6.45, 7) is 7.13. The van der Waals surface area contributed by atoms with Gasteiger partial charge in [-0.25, -0.2) is 4.79 Å². The highest BCUT2D eigenvalue weighted by molar-refractivity contribution is 5.72. The van der Waals surface area contributed by atoms with Crippen molar-refractivity contribution in [2.45, 2.75) is 53.2 Å². The van der Waals surface area contributed by atoms with Gasteiger partial charge in [0.15, 0.2) is 0 Å². The van der Waals surface area contributed by atoms with Crippen LogP contribution in [0.1, 0.15) is 47.0 Å². The first-order valence-electron chi connectivity index (χ1n) is 8.67. The molecule has 7 heteroatoms. The van der Waals surface area contributed by atoms with Crippen LogP contribution in [-0.4, -0.2) is 36.0 Å². The molecule has 0 aliphatic heterocycles.